The van der Waals surface area contributed by atoms with Gasteiger partial charge in [-0.05, 0) is 13.3 Å². The second-order valence-corrected chi connectivity index (χ2v) is 12.0. The number of nitrogens with one attached hydrogen (secondary N) is 1. The largest absolute Gasteiger partial charge is 0.543 e. The van der Waals surface area contributed by atoms with Crippen molar-refractivity contribution in [2.45, 2.75) is 56.2 Å². The lowest BCUT2D eigenvalue weighted by Gasteiger charge is -2.47. The second kappa shape index (κ2) is 10.5. The fraction of sp³-hybridized carbons (Fsp3) is 0.783. The van der Waals surface area contributed by atoms with E-state index >= 15 is 0 Å². The highest BCUT2D eigenvalue weighted by Gasteiger charge is 2.59. The van der Waals surface area contributed by atoms with Gasteiger partial charge in [-0.3, -0.25) is 9.59 Å². The first-order chi connectivity index (χ1) is 16.0. The molecule has 0 unspecified atom stereocenters. The normalized spacial score (nSPS) is 33.5. The van der Waals surface area contributed by atoms with Crippen LogP contribution in [-0.2, 0) is 14.4 Å². The van der Waals surface area contributed by atoms with Crippen LogP contribution in [0.5, 0.6) is 0 Å². The van der Waals surface area contributed by atoms with E-state index in [-0.39, 0.29) is 65.9 Å². The zero-order chi connectivity index (χ0) is 24.9. The average Bonchev–Trinajstić information content (AvgIpc) is 3.46. The summed E-state index contributed by atoms with van der Waals surface area (Å²) in [6, 6.07) is -0.507. The number of carbonyl (C=O) groups excluding carboxylic acids is 3. The Bertz CT molecular complexity index is 903. The topological polar surface area (TPSA) is 113 Å². The summed E-state index contributed by atoms with van der Waals surface area (Å²) in [5.74, 6) is -2.56. The van der Waals surface area contributed by atoms with Gasteiger partial charge in [0.2, 0.25) is 11.8 Å². The molecule has 2 amide bonds. The minimum Gasteiger partial charge on any atom is -0.543 e. The van der Waals surface area contributed by atoms with Gasteiger partial charge in [0, 0.05) is 35.6 Å². The number of carboxylic acid groups (broad SMARTS) is 1. The first-order valence-corrected chi connectivity index (χ1v) is 12.9. The van der Waals surface area contributed by atoms with Gasteiger partial charge in [0.1, 0.15) is 19.3 Å². The molecule has 4 aliphatic heterocycles. The summed E-state index contributed by atoms with van der Waals surface area (Å²) in [5.41, 5.74) is -0.0885. The molecule has 3 fully saturated rings. The van der Waals surface area contributed by atoms with E-state index in [2.05, 4.69) is 5.32 Å². The molecule has 0 aromatic carbocycles. The number of aliphatic carboxylic acids is 1. The van der Waals surface area contributed by atoms with Crippen molar-refractivity contribution < 1.29 is 33.5 Å². The predicted molar refractivity (Wildman–Crippen MR) is 130 cm³/mol. The molecule has 2 N–H and O–H groups in total. The summed E-state index contributed by atoms with van der Waals surface area (Å²) < 4.78 is 13.5. The number of alkyl halides is 1. The summed E-state index contributed by atoms with van der Waals surface area (Å²) in [7, 11) is 4.00. The molecule has 0 spiro atoms. The number of quaternary nitrogens is 1. The number of likely N-dealkylation sites (N-methyl/N-ethyl adjacent to an activating group) is 1. The molecule has 7 atom stereocenters. The maximum Gasteiger partial charge on any atom is 0.239 e. The van der Waals surface area contributed by atoms with Crippen LogP contribution in [0.1, 0.15) is 26.7 Å². The number of carbonyl (C=O) groups is 3. The molecular weight excluding hydrogens is 499 g/mol. The molecule has 0 aromatic heterocycles. The van der Waals surface area contributed by atoms with E-state index in [4.69, 9.17) is 0 Å². The van der Waals surface area contributed by atoms with Crippen LogP contribution in [0.2, 0.25) is 0 Å². The lowest BCUT2D eigenvalue weighted by Crippen LogP contribution is -2.64. The Morgan fingerprint density at radius 1 is 1.37 bits per heavy atom. The quantitative estimate of drug-likeness (QED) is 0.314. The molecule has 0 aliphatic carbocycles. The number of hydrogen-bond acceptors (Lipinski definition) is 7. The van der Waals surface area contributed by atoms with E-state index in [0.29, 0.717) is 42.0 Å². The molecule has 198 valence electrons. The first kappa shape index (κ1) is 28.2. The van der Waals surface area contributed by atoms with Crippen molar-refractivity contribution in [3.63, 3.8) is 0 Å². The van der Waals surface area contributed by atoms with Gasteiger partial charge in [-0.1, -0.05) is 6.92 Å². The van der Waals surface area contributed by atoms with E-state index in [0.717, 1.165) is 6.42 Å². The van der Waals surface area contributed by atoms with Gasteiger partial charge in [-0.2, -0.15) is 0 Å². The number of nitrogens with zero attached hydrogens (tertiary/aromatic N) is 3. The Kier molecular flexibility index (Phi) is 8.48. The number of fused-ring (bicyclic) bond motifs is 1. The van der Waals surface area contributed by atoms with Crippen molar-refractivity contribution >= 4 is 42.0 Å². The molecule has 4 heterocycles. The summed E-state index contributed by atoms with van der Waals surface area (Å²) in [4.78, 5) is 41.3. The number of β-lactam (4-membered cyclic amide) rings is 1. The minimum absolute atomic E-state index is 0. The number of likely N-dealkylation sites (tertiary alicyclic amines) is 1. The van der Waals surface area contributed by atoms with Gasteiger partial charge in [0.15, 0.2) is 0 Å². The Hall–Kier alpha value is -1.40. The molecule has 0 aromatic rings. The number of aliphatic hydroxyl groups is 1. The van der Waals surface area contributed by atoms with Crippen LogP contribution in [0.15, 0.2) is 10.6 Å². The summed E-state index contributed by atoms with van der Waals surface area (Å²) in [6.45, 7) is 5.29. The molecule has 4 aliphatic rings. The van der Waals surface area contributed by atoms with Crippen molar-refractivity contribution in [3.8, 4) is 0 Å². The van der Waals surface area contributed by atoms with E-state index in [1.54, 1.807) is 6.92 Å². The zero-order valence-corrected chi connectivity index (χ0v) is 22.2. The van der Waals surface area contributed by atoms with Crippen molar-refractivity contribution in [1.29, 1.82) is 0 Å². The standard InChI is InChI=1S/C23H35FN4O5S.ClH/c1-12-18-17(13(2)29)22(31)27(18)19(23(32)33)20(12)34-15-9-16(25-10-15)21(30)26-7-5-14(11-26)28(3,4)8-6-24;/h12-18,25,29H,5-11H2,1-4H3;1H/t12-,13-,14+,15+,16+,17-,18-;/m1./s1. The minimum atomic E-state index is -1.38. The predicted octanol–water partition coefficient (Wildman–Crippen LogP) is -0.662. The number of carboxylic acids is 1. The van der Waals surface area contributed by atoms with Crippen molar-refractivity contribution in [1.82, 2.24) is 15.1 Å². The highest BCUT2D eigenvalue weighted by Crippen LogP contribution is 2.51. The third-order valence-corrected chi connectivity index (χ3v) is 9.62. The molecule has 35 heavy (non-hydrogen) atoms. The lowest BCUT2D eigenvalue weighted by atomic mass is 9.79. The van der Waals surface area contributed by atoms with Crippen LogP contribution < -0.4 is 10.4 Å². The Morgan fingerprint density at radius 2 is 2.06 bits per heavy atom. The monoisotopic (exact) mass is 534 g/mol. The first-order valence-electron chi connectivity index (χ1n) is 12.0. The Balaban J connectivity index is 0.00000342. The SMILES string of the molecule is C[C@@H](O)[C@H]1C(=O)N2C(C(=O)[O-])=C(S[C@@H]3CN[C@H](C(=O)N4CC[C@H]([N+](C)(C)CCF)C4)C3)[C@H](C)[C@H]12.Cl. The van der Waals surface area contributed by atoms with Crippen molar-refractivity contribution in [2.75, 3.05) is 46.9 Å². The number of rotatable bonds is 8. The van der Waals surface area contributed by atoms with E-state index < -0.39 is 18.0 Å². The van der Waals surface area contributed by atoms with E-state index in [1.165, 1.54) is 16.7 Å². The zero-order valence-electron chi connectivity index (χ0n) is 20.6. The van der Waals surface area contributed by atoms with Gasteiger partial charge in [0.05, 0.1) is 56.4 Å². The molecule has 0 saturated carbocycles. The number of hydrogen-bond donors (Lipinski definition) is 2. The molecule has 4 rings (SSSR count). The number of thioether (sulfide) groups is 1. The smallest absolute Gasteiger partial charge is 0.239 e. The summed E-state index contributed by atoms with van der Waals surface area (Å²) >= 11 is 1.40. The van der Waals surface area contributed by atoms with Crippen LogP contribution in [-0.4, -0.2) is 114 Å². The molecule has 3 saturated heterocycles. The maximum absolute atomic E-state index is 13.1. The van der Waals surface area contributed by atoms with Crippen molar-refractivity contribution in [3.05, 3.63) is 10.6 Å². The van der Waals surface area contributed by atoms with Gasteiger partial charge in [0.25, 0.3) is 0 Å². The number of halogens is 2. The van der Waals surface area contributed by atoms with E-state index in [1.807, 2.05) is 25.9 Å². The van der Waals surface area contributed by atoms with Crippen molar-refractivity contribution in [2.24, 2.45) is 11.8 Å². The van der Waals surface area contributed by atoms with Crippen LogP contribution in [0, 0.1) is 11.8 Å². The van der Waals surface area contributed by atoms with Crippen LogP contribution >= 0.6 is 24.2 Å². The van der Waals surface area contributed by atoms with Gasteiger partial charge >= 0.3 is 0 Å². The number of aliphatic hydroxyl groups excluding tert-OH is 1. The third-order valence-electron chi connectivity index (χ3n) is 8.11. The molecular formula is C23H36ClFN4O5S. The number of amides is 2. The fourth-order valence-corrected chi connectivity index (χ4v) is 7.44. The molecule has 9 nitrogen and oxygen atoms in total. The maximum atomic E-state index is 13.1. The molecule has 0 radical (unpaired) electrons. The van der Waals surface area contributed by atoms with E-state index in [9.17, 15) is 29.0 Å². The average molecular weight is 535 g/mol. The molecule has 12 heteroatoms. The Morgan fingerprint density at radius 3 is 2.66 bits per heavy atom. The summed E-state index contributed by atoms with van der Waals surface area (Å²) in [6.07, 6.45) is 0.553. The lowest BCUT2D eigenvalue weighted by molar-refractivity contribution is -0.912. The Labute approximate surface area is 216 Å². The van der Waals surface area contributed by atoms with Gasteiger partial charge < -0.3 is 34.6 Å². The van der Waals surface area contributed by atoms with Crippen LogP contribution in [0.25, 0.3) is 0 Å². The van der Waals surface area contributed by atoms with Crippen LogP contribution in [0.3, 0.4) is 0 Å². The highest BCUT2D eigenvalue weighted by atomic mass is 35.5. The highest BCUT2D eigenvalue weighted by molar-refractivity contribution is 8.03. The van der Waals surface area contributed by atoms with Gasteiger partial charge in [-0.15, -0.1) is 24.2 Å². The second-order valence-electron chi connectivity index (χ2n) is 10.6. The third kappa shape index (κ3) is 4.94. The van der Waals surface area contributed by atoms with Gasteiger partial charge in [-0.25, -0.2) is 4.39 Å². The fourth-order valence-electron chi connectivity index (χ4n) is 5.96. The molecule has 0 bridgehead atoms. The van der Waals surface area contributed by atoms with Crippen LogP contribution in [0.4, 0.5) is 4.39 Å². The summed E-state index contributed by atoms with van der Waals surface area (Å²) in [5, 5.41) is 25.2.